The Bertz CT molecular complexity index is 356. The molecule has 0 saturated heterocycles. The Balaban J connectivity index is 2.62. The second kappa shape index (κ2) is 4.88. The van der Waals surface area contributed by atoms with E-state index in [1.165, 1.54) is 6.42 Å². The molecule has 1 aliphatic rings. The lowest BCUT2D eigenvalue weighted by atomic mass is 9.76. The van der Waals surface area contributed by atoms with Crippen molar-refractivity contribution in [1.29, 1.82) is 0 Å². The highest BCUT2D eigenvalue weighted by Crippen LogP contribution is 2.33. The Hall–Kier alpha value is -0.0900. The van der Waals surface area contributed by atoms with Crippen LogP contribution in [0.1, 0.15) is 59.8 Å². The van der Waals surface area contributed by atoms with Gasteiger partial charge in [-0.3, -0.25) is 0 Å². The highest BCUT2D eigenvalue weighted by atomic mass is 32.2. The molecule has 1 aliphatic carbocycles. The van der Waals surface area contributed by atoms with Crippen molar-refractivity contribution in [3.63, 3.8) is 0 Å². The Morgan fingerprint density at radius 1 is 1.35 bits per heavy atom. The first kappa shape index (κ1) is 15.0. The van der Waals surface area contributed by atoms with E-state index < -0.39 is 14.6 Å². The van der Waals surface area contributed by atoms with Crippen LogP contribution in [-0.4, -0.2) is 24.5 Å². The third-order valence-electron chi connectivity index (χ3n) is 3.93. The van der Waals surface area contributed by atoms with E-state index in [2.05, 4.69) is 6.92 Å². The maximum absolute atomic E-state index is 12.1. The number of hydrogen-bond donors (Lipinski definition) is 1. The lowest BCUT2D eigenvalue weighted by Gasteiger charge is -2.37. The summed E-state index contributed by atoms with van der Waals surface area (Å²) >= 11 is 0. The van der Waals surface area contributed by atoms with Gasteiger partial charge in [0.1, 0.15) is 0 Å². The van der Waals surface area contributed by atoms with Crippen LogP contribution in [0.4, 0.5) is 0 Å². The fraction of sp³-hybridized carbons (Fsp3) is 1.00. The minimum atomic E-state index is -3.03. The molecular weight excluding hydrogens is 234 g/mol. The molecule has 2 N–H and O–H groups in total. The minimum absolute atomic E-state index is 0.222. The maximum atomic E-state index is 12.1. The van der Waals surface area contributed by atoms with Crippen LogP contribution < -0.4 is 5.73 Å². The van der Waals surface area contributed by atoms with E-state index in [1.54, 1.807) is 20.8 Å². The fourth-order valence-electron chi connectivity index (χ4n) is 2.57. The highest BCUT2D eigenvalue weighted by molar-refractivity contribution is 7.92. The molecule has 2 atom stereocenters. The third-order valence-corrected chi connectivity index (χ3v) is 6.54. The SMILES string of the molecule is CC1CCCC(N)(CCS(=O)(=O)C(C)(C)C)C1. The second-order valence-corrected chi connectivity index (χ2v) is 9.61. The van der Waals surface area contributed by atoms with Gasteiger partial charge in [-0.1, -0.05) is 19.8 Å². The van der Waals surface area contributed by atoms with E-state index in [1.807, 2.05) is 0 Å². The zero-order valence-corrected chi connectivity index (χ0v) is 12.4. The molecule has 0 aromatic rings. The summed E-state index contributed by atoms with van der Waals surface area (Å²) in [5.41, 5.74) is 6.08. The fourth-order valence-corrected chi connectivity index (χ4v) is 3.86. The molecule has 2 unspecified atom stereocenters. The summed E-state index contributed by atoms with van der Waals surface area (Å²) in [6, 6.07) is 0. The zero-order chi connectivity index (χ0) is 13.3. The van der Waals surface area contributed by atoms with Crippen molar-refractivity contribution >= 4 is 9.84 Å². The molecule has 0 heterocycles. The molecular formula is C13H27NO2S. The molecule has 1 saturated carbocycles. The zero-order valence-electron chi connectivity index (χ0n) is 11.6. The summed E-state index contributed by atoms with van der Waals surface area (Å²) in [5, 5.41) is 0. The van der Waals surface area contributed by atoms with E-state index in [0.29, 0.717) is 12.3 Å². The van der Waals surface area contributed by atoms with Crippen LogP contribution in [0.3, 0.4) is 0 Å². The van der Waals surface area contributed by atoms with E-state index >= 15 is 0 Å². The van der Waals surface area contributed by atoms with Crippen LogP contribution in [0.15, 0.2) is 0 Å². The number of hydrogen-bond acceptors (Lipinski definition) is 3. The molecule has 1 fully saturated rings. The largest absolute Gasteiger partial charge is 0.325 e. The smallest absolute Gasteiger partial charge is 0.155 e. The molecule has 1 rings (SSSR count). The molecule has 4 heteroatoms. The van der Waals surface area contributed by atoms with Gasteiger partial charge in [0, 0.05) is 5.54 Å². The monoisotopic (exact) mass is 261 g/mol. The first-order chi connectivity index (χ1) is 7.56. The molecule has 0 amide bonds. The van der Waals surface area contributed by atoms with Crippen molar-refractivity contribution in [2.24, 2.45) is 11.7 Å². The molecule has 17 heavy (non-hydrogen) atoms. The molecule has 0 radical (unpaired) electrons. The molecule has 0 aromatic heterocycles. The maximum Gasteiger partial charge on any atom is 0.155 e. The van der Waals surface area contributed by atoms with Gasteiger partial charge in [-0.15, -0.1) is 0 Å². The Kier molecular flexibility index (Phi) is 4.30. The van der Waals surface area contributed by atoms with Crippen molar-refractivity contribution in [3.8, 4) is 0 Å². The Labute approximate surface area is 106 Å². The first-order valence-corrected chi connectivity index (χ1v) is 8.22. The molecule has 0 aliphatic heterocycles. The van der Waals surface area contributed by atoms with Crippen LogP contribution in [-0.2, 0) is 9.84 Å². The summed E-state index contributed by atoms with van der Waals surface area (Å²) in [5.74, 6) is 0.853. The van der Waals surface area contributed by atoms with Crippen LogP contribution in [0, 0.1) is 5.92 Å². The van der Waals surface area contributed by atoms with Crippen molar-refractivity contribution in [2.45, 2.75) is 70.1 Å². The average Bonchev–Trinajstić information content (AvgIpc) is 2.13. The van der Waals surface area contributed by atoms with Gasteiger partial charge in [0.2, 0.25) is 0 Å². The Morgan fingerprint density at radius 3 is 2.41 bits per heavy atom. The number of rotatable bonds is 3. The van der Waals surface area contributed by atoms with Crippen LogP contribution in [0.5, 0.6) is 0 Å². The lowest BCUT2D eigenvalue weighted by Crippen LogP contribution is -2.46. The van der Waals surface area contributed by atoms with Crippen molar-refractivity contribution in [1.82, 2.24) is 0 Å². The summed E-state index contributed by atoms with van der Waals surface area (Å²) in [4.78, 5) is 0. The van der Waals surface area contributed by atoms with Crippen LogP contribution in [0.2, 0.25) is 0 Å². The summed E-state index contributed by atoms with van der Waals surface area (Å²) < 4.78 is 23.5. The lowest BCUT2D eigenvalue weighted by molar-refractivity contribution is 0.230. The quantitative estimate of drug-likeness (QED) is 0.849. The van der Waals surface area contributed by atoms with Crippen LogP contribution >= 0.6 is 0 Å². The molecule has 102 valence electrons. The van der Waals surface area contributed by atoms with Crippen LogP contribution in [0.25, 0.3) is 0 Å². The molecule has 0 bridgehead atoms. The van der Waals surface area contributed by atoms with Gasteiger partial charge in [-0.25, -0.2) is 8.42 Å². The average molecular weight is 261 g/mol. The summed E-state index contributed by atoms with van der Waals surface area (Å²) in [6.07, 6.45) is 4.90. The second-order valence-electron chi connectivity index (χ2n) is 6.75. The topological polar surface area (TPSA) is 60.2 Å². The Morgan fingerprint density at radius 2 is 1.94 bits per heavy atom. The van der Waals surface area contributed by atoms with Crippen molar-refractivity contribution < 1.29 is 8.42 Å². The predicted molar refractivity (Wildman–Crippen MR) is 72.7 cm³/mol. The van der Waals surface area contributed by atoms with Gasteiger partial charge in [-0.2, -0.15) is 0 Å². The van der Waals surface area contributed by atoms with Gasteiger partial charge in [0.05, 0.1) is 10.5 Å². The highest BCUT2D eigenvalue weighted by Gasteiger charge is 2.35. The van der Waals surface area contributed by atoms with Crippen molar-refractivity contribution in [2.75, 3.05) is 5.75 Å². The van der Waals surface area contributed by atoms with Gasteiger partial charge in [-0.05, 0) is 46.0 Å². The van der Waals surface area contributed by atoms with Gasteiger partial charge in [0.15, 0.2) is 9.84 Å². The van der Waals surface area contributed by atoms with E-state index in [-0.39, 0.29) is 11.3 Å². The number of nitrogens with two attached hydrogens (primary N) is 1. The minimum Gasteiger partial charge on any atom is -0.325 e. The molecule has 3 nitrogen and oxygen atoms in total. The predicted octanol–water partition coefficient (Wildman–Crippen LogP) is 2.50. The van der Waals surface area contributed by atoms with Gasteiger partial charge in [0.25, 0.3) is 0 Å². The van der Waals surface area contributed by atoms with Crippen molar-refractivity contribution in [3.05, 3.63) is 0 Å². The first-order valence-electron chi connectivity index (χ1n) is 6.57. The van der Waals surface area contributed by atoms with E-state index in [0.717, 1.165) is 19.3 Å². The third kappa shape index (κ3) is 3.95. The van der Waals surface area contributed by atoms with Gasteiger partial charge >= 0.3 is 0 Å². The summed E-state index contributed by atoms with van der Waals surface area (Å²) in [7, 11) is -3.03. The normalized spacial score (nSPS) is 31.5. The number of sulfone groups is 1. The summed E-state index contributed by atoms with van der Waals surface area (Å²) in [6.45, 7) is 7.48. The molecule has 0 aromatic carbocycles. The molecule has 0 spiro atoms. The van der Waals surface area contributed by atoms with E-state index in [4.69, 9.17) is 5.73 Å². The standard InChI is InChI=1S/C13H27NO2S/c1-11-6-5-7-13(14,10-11)8-9-17(15,16)12(2,3)4/h11H,5-10,14H2,1-4H3. The van der Waals surface area contributed by atoms with Gasteiger partial charge < -0.3 is 5.73 Å². The van der Waals surface area contributed by atoms with E-state index in [9.17, 15) is 8.42 Å².